The Kier molecular flexibility index (Phi) is 3.58. The monoisotopic (exact) mass is 355 g/mol. The molecule has 0 atom stereocenters. The molecule has 0 aliphatic rings. The number of fused-ring (bicyclic) bond motifs is 2. The number of H-pyrrole nitrogens is 1. The van der Waals surface area contributed by atoms with E-state index >= 15 is 0 Å². The highest BCUT2D eigenvalue weighted by Crippen LogP contribution is 2.36. The molecule has 0 bridgehead atoms. The summed E-state index contributed by atoms with van der Waals surface area (Å²) in [5.74, 6) is -0.212. The van der Waals surface area contributed by atoms with Crippen LogP contribution in [0.25, 0.3) is 22.0 Å². The predicted molar refractivity (Wildman–Crippen MR) is 92.5 cm³/mol. The molecular formula is C16H10ClN5O3. The second-order valence-electron chi connectivity index (χ2n) is 5.13. The van der Waals surface area contributed by atoms with Gasteiger partial charge in [-0.05, 0) is 30.3 Å². The van der Waals surface area contributed by atoms with E-state index in [2.05, 4.69) is 25.5 Å². The Hall–Kier alpha value is -3.39. The standard InChI is InChI=1S/C16H10ClN5O3/c17-8-5-6-10-9(7-8)13(14(23)18-10)21-22-15(24)20-16-19-11-3-1-2-4-12(11)25-16/h1-7,18,23H,(H,19,20,24). The number of benzene rings is 2. The van der Waals surface area contributed by atoms with Crippen LogP contribution < -0.4 is 5.32 Å². The van der Waals surface area contributed by atoms with E-state index in [1.807, 2.05) is 0 Å². The number of carbonyl (C=O) groups is 1. The summed E-state index contributed by atoms with van der Waals surface area (Å²) in [6.07, 6.45) is 0. The average Bonchev–Trinajstić information content (AvgIpc) is 3.12. The molecule has 0 radical (unpaired) electrons. The molecule has 25 heavy (non-hydrogen) atoms. The second-order valence-corrected chi connectivity index (χ2v) is 5.57. The van der Waals surface area contributed by atoms with Crippen LogP contribution in [0.1, 0.15) is 0 Å². The Morgan fingerprint density at radius 3 is 2.96 bits per heavy atom. The van der Waals surface area contributed by atoms with Crippen LogP contribution in [-0.4, -0.2) is 21.1 Å². The minimum atomic E-state index is -0.790. The van der Waals surface area contributed by atoms with E-state index in [9.17, 15) is 9.90 Å². The maximum Gasteiger partial charge on any atom is 0.367 e. The number of oxazole rings is 1. The third-order valence-electron chi connectivity index (χ3n) is 3.46. The van der Waals surface area contributed by atoms with Gasteiger partial charge in [0, 0.05) is 10.4 Å². The molecule has 9 heteroatoms. The lowest BCUT2D eigenvalue weighted by molar-refractivity contribution is 0.258. The highest BCUT2D eigenvalue weighted by molar-refractivity contribution is 6.31. The van der Waals surface area contributed by atoms with Crippen molar-refractivity contribution in [2.24, 2.45) is 10.2 Å². The molecule has 0 saturated carbocycles. The largest absolute Gasteiger partial charge is 0.493 e. The van der Waals surface area contributed by atoms with Crippen molar-refractivity contribution < 1.29 is 14.3 Å². The van der Waals surface area contributed by atoms with E-state index in [0.717, 1.165) is 0 Å². The Morgan fingerprint density at radius 1 is 1.28 bits per heavy atom. The maximum absolute atomic E-state index is 11.9. The van der Waals surface area contributed by atoms with Gasteiger partial charge in [-0.1, -0.05) is 28.8 Å². The molecule has 0 spiro atoms. The van der Waals surface area contributed by atoms with Crippen molar-refractivity contribution in [3.8, 4) is 5.88 Å². The number of rotatable bonds is 2. The summed E-state index contributed by atoms with van der Waals surface area (Å²) in [6.45, 7) is 0. The summed E-state index contributed by atoms with van der Waals surface area (Å²) in [7, 11) is 0. The lowest BCUT2D eigenvalue weighted by Gasteiger charge is -1.94. The van der Waals surface area contributed by atoms with Gasteiger partial charge < -0.3 is 14.5 Å². The lowest BCUT2D eigenvalue weighted by atomic mass is 10.2. The molecule has 0 saturated heterocycles. The van der Waals surface area contributed by atoms with Crippen LogP contribution in [0.2, 0.25) is 5.02 Å². The molecule has 0 aliphatic heterocycles. The number of carbonyl (C=O) groups excluding carboxylic acids is 1. The molecule has 0 fully saturated rings. The van der Waals surface area contributed by atoms with Crippen LogP contribution in [0.15, 0.2) is 57.1 Å². The maximum atomic E-state index is 11.9. The van der Waals surface area contributed by atoms with Gasteiger partial charge in [0.1, 0.15) is 5.52 Å². The Labute approximate surface area is 145 Å². The smallest absolute Gasteiger partial charge is 0.367 e. The van der Waals surface area contributed by atoms with Crippen LogP contribution in [0.5, 0.6) is 5.88 Å². The van der Waals surface area contributed by atoms with Crippen molar-refractivity contribution in [1.82, 2.24) is 9.97 Å². The molecular weight excluding hydrogens is 346 g/mol. The molecule has 2 amide bonds. The molecule has 2 aromatic heterocycles. The number of aromatic nitrogens is 2. The predicted octanol–water partition coefficient (Wildman–Crippen LogP) is 4.98. The second kappa shape index (κ2) is 5.91. The summed E-state index contributed by atoms with van der Waals surface area (Å²) in [5.41, 5.74) is 1.89. The third-order valence-corrected chi connectivity index (χ3v) is 3.70. The number of aromatic amines is 1. The number of hydrogen-bond donors (Lipinski definition) is 3. The zero-order valence-electron chi connectivity index (χ0n) is 12.5. The van der Waals surface area contributed by atoms with Gasteiger partial charge in [0.05, 0.1) is 5.52 Å². The van der Waals surface area contributed by atoms with Gasteiger partial charge in [-0.25, -0.2) is 4.79 Å². The number of urea groups is 1. The van der Waals surface area contributed by atoms with E-state index in [0.29, 0.717) is 27.0 Å². The van der Waals surface area contributed by atoms with Crippen LogP contribution in [-0.2, 0) is 0 Å². The Morgan fingerprint density at radius 2 is 2.12 bits per heavy atom. The Bertz CT molecular complexity index is 1100. The van der Waals surface area contributed by atoms with E-state index in [1.54, 1.807) is 42.5 Å². The third kappa shape index (κ3) is 2.90. The summed E-state index contributed by atoms with van der Waals surface area (Å²) in [5, 5.41) is 20.6. The van der Waals surface area contributed by atoms with Crippen molar-refractivity contribution in [3.05, 3.63) is 47.5 Å². The zero-order chi connectivity index (χ0) is 17.4. The molecule has 8 nitrogen and oxygen atoms in total. The number of nitrogens with one attached hydrogen (secondary N) is 2. The van der Waals surface area contributed by atoms with Gasteiger partial charge in [0.25, 0.3) is 0 Å². The zero-order valence-corrected chi connectivity index (χ0v) is 13.3. The number of anilines is 1. The van der Waals surface area contributed by atoms with Crippen LogP contribution >= 0.6 is 11.6 Å². The highest BCUT2D eigenvalue weighted by atomic mass is 35.5. The molecule has 3 N–H and O–H groups in total. The van der Waals surface area contributed by atoms with Crippen molar-refractivity contribution in [3.63, 3.8) is 0 Å². The van der Waals surface area contributed by atoms with Crippen molar-refractivity contribution in [2.75, 3.05) is 5.32 Å². The average molecular weight is 356 g/mol. The minimum absolute atomic E-state index is 0.0105. The molecule has 0 unspecified atom stereocenters. The summed E-state index contributed by atoms with van der Waals surface area (Å²) >= 11 is 5.94. The van der Waals surface area contributed by atoms with Gasteiger partial charge >= 0.3 is 12.0 Å². The van der Waals surface area contributed by atoms with Gasteiger partial charge in [-0.3, -0.25) is 5.32 Å². The fraction of sp³-hybridized carbons (Fsp3) is 0. The van der Waals surface area contributed by atoms with Crippen molar-refractivity contribution in [1.29, 1.82) is 0 Å². The molecule has 4 aromatic rings. The fourth-order valence-electron chi connectivity index (χ4n) is 2.37. The summed E-state index contributed by atoms with van der Waals surface area (Å²) in [4.78, 5) is 18.7. The minimum Gasteiger partial charge on any atom is -0.493 e. The summed E-state index contributed by atoms with van der Waals surface area (Å²) < 4.78 is 5.37. The number of aromatic hydroxyl groups is 1. The van der Waals surface area contributed by atoms with Gasteiger partial charge in [-0.2, -0.15) is 4.98 Å². The first kappa shape index (κ1) is 15.2. The number of azo groups is 1. The van der Waals surface area contributed by atoms with Gasteiger partial charge in [0.15, 0.2) is 11.3 Å². The molecule has 124 valence electrons. The summed E-state index contributed by atoms with van der Waals surface area (Å²) in [6, 6.07) is 11.3. The number of nitrogens with zero attached hydrogens (tertiary/aromatic N) is 3. The first-order chi connectivity index (χ1) is 12.1. The Balaban J connectivity index is 1.58. The molecule has 0 aliphatic carbocycles. The van der Waals surface area contributed by atoms with E-state index < -0.39 is 6.03 Å². The van der Waals surface area contributed by atoms with E-state index in [-0.39, 0.29) is 17.6 Å². The van der Waals surface area contributed by atoms with Gasteiger partial charge in [-0.15, -0.1) is 5.11 Å². The van der Waals surface area contributed by atoms with Crippen LogP contribution in [0.4, 0.5) is 16.5 Å². The SMILES string of the molecule is O=C(N=Nc1c(O)[nH]c2ccc(Cl)cc12)Nc1nc2ccccc2o1. The molecule has 2 heterocycles. The van der Waals surface area contributed by atoms with Crippen molar-refractivity contribution >= 4 is 51.3 Å². The first-order valence-corrected chi connectivity index (χ1v) is 7.56. The van der Waals surface area contributed by atoms with Crippen LogP contribution in [0.3, 0.4) is 0 Å². The van der Waals surface area contributed by atoms with E-state index in [1.165, 1.54) is 0 Å². The van der Waals surface area contributed by atoms with E-state index in [4.69, 9.17) is 16.0 Å². The number of para-hydroxylation sites is 2. The highest BCUT2D eigenvalue weighted by Gasteiger charge is 2.12. The topological polar surface area (TPSA) is 116 Å². The molecule has 2 aromatic carbocycles. The number of hydrogen-bond acceptors (Lipinski definition) is 5. The fourth-order valence-corrected chi connectivity index (χ4v) is 2.55. The van der Waals surface area contributed by atoms with Crippen molar-refractivity contribution in [2.45, 2.75) is 0 Å². The normalized spacial score (nSPS) is 11.6. The van der Waals surface area contributed by atoms with Gasteiger partial charge in [0.2, 0.25) is 5.88 Å². The number of halogens is 1. The lowest BCUT2D eigenvalue weighted by Crippen LogP contribution is -2.05. The molecule has 4 rings (SSSR count). The van der Waals surface area contributed by atoms with Crippen LogP contribution in [0, 0.1) is 0 Å². The number of amides is 2. The quantitative estimate of drug-likeness (QED) is 0.439. The first-order valence-electron chi connectivity index (χ1n) is 7.18.